The number of halogens is 2. The molecule has 0 bridgehead atoms. The van der Waals surface area contributed by atoms with Crippen LogP contribution >= 0.6 is 23.2 Å². The Labute approximate surface area is 83.5 Å². The Morgan fingerprint density at radius 2 is 2.08 bits per heavy atom. The van der Waals surface area contributed by atoms with Gasteiger partial charge in [0.05, 0.1) is 6.17 Å². The zero-order valence-corrected chi connectivity index (χ0v) is 9.08. The quantitative estimate of drug-likeness (QED) is 0.703. The van der Waals surface area contributed by atoms with Gasteiger partial charge in [-0.05, 0) is 12.8 Å². The van der Waals surface area contributed by atoms with Crippen LogP contribution in [0.1, 0.15) is 20.8 Å². The van der Waals surface area contributed by atoms with Crippen molar-refractivity contribution in [3.63, 3.8) is 0 Å². The SMILES string of the molecule is CC(C)CN1C(Cl)=C(Cl)NC1C. The first-order valence-electron chi connectivity index (χ1n) is 4.10. The van der Waals surface area contributed by atoms with Crippen LogP contribution in [0.25, 0.3) is 0 Å². The summed E-state index contributed by atoms with van der Waals surface area (Å²) < 4.78 is 0. The van der Waals surface area contributed by atoms with Gasteiger partial charge < -0.3 is 10.2 Å². The maximum absolute atomic E-state index is 5.98. The molecule has 1 atom stereocenters. The summed E-state index contributed by atoms with van der Waals surface area (Å²) in [6, 6.07) is 0. The van der Waals surface area contributed by atoms with E-state index in [4.69, 9.17) is 23.2 Å². The lowest BCUT2D eigenvalue weighted by molar-refractivity contribution is 0.260. The standard InChI is InChI=1S/C8H14Cl2N2/c1-5(2)4-12-6(3)11-7(9)8(12)10/h5-6,11H,4H2,1-3H3. The Bertz CT molecular complexity index is 201. The fourth-order valence-electron chi connectivity index (χ4n) is 1.25. The summed E-state index contributed by atoms with van der Waals surface area (Å²) in [5, 5.41) is 4.26. The summed E-state index contributed by atoms with van der Waals surface area (Å²) in [5.74, 6) is 0.588. The number of hydrogen-bond donors (Lipinski definition) is 1. The smallest absolute Gasteiger partial charge is 0.141 e. The van der Waals surface area contributed by atoms with Gasteiger partial charge in [-0.25, -0.2) is 0 Å². The summed E-state index contributed by atoms with van der Waals surface area (Å²) in [5.41, 5.74) is 0. The van der Waals surface area contributed by atoms with Crippen LogP contribution in [-0.4, -0.2) is 17.6 Å². The van der Waals surface area contributed by atoms with Crippen molar-refractivity contribution in [2.45, 2.75) is 26.9 Å². The largest absolute Gasteiger partial charge is 0.354 e. The van der Waals surface area contributed by atoms with Crippen molar-refractivity contribution in [2.75, 3.05) is 6.54 Å². The zero-order chi connectivity index (χ0) is 9.30. The first kappa shape index (κ1) is 10.0. The van der Waals surface area contributed by atoms with E-state index in [0.717, 1.165) is 6.54 Å². The third-order valence-corrected chi connectivity index (χ3v) is 2.59. The van der Waals surface area contributed by atoms with Gasteiger partial charge in [0.25, 0.3) is 0 Å². The Morgan fingerprint density at radius 3 is 2.42 bits per heavy atom. The van der Waals surface area contributed by atoms with Crippen molar-refractivity contribution in [1.29, 1.82) is 0 Å². The maximum atomic E-state index is 5.98. The van der Waals surface area contributed by atoms with Crippen molar-refractivity contribution < 1.29 is 0 Å². The average Bonchev–Trinajstić information content (AvgIpc) is 2.16. The van der Waals surface area contributed by atoms with Gasteiger partial charge in [-0.3, -0.25) is 0 Å². The topological polar surface area (TPSA) is 15.3 Å². The normalized spacial score (nSPS) is 23.8. The lowest BCUT2D eigenvalue weighted by Crippen LogP contribution is -2.35. The monoisotopic (exact) mass is 208 g/mol. The van der Waals surface area contributed by atoms with Gasteiger partial charge in [0.1, 0.15) is 10.3 Å². The van der Waals surface area contributed by atoms with E-state index >= 15 is 0 Å². The number of nitrogens with one attached hydrogen (secondary N) is 1. The predicted octanol–water partition coefficient (Wildman–Crippen LogP) is 2.50. The van der Waals surface area contributed by atoms with Crippen molar-refractivity contribution >= 4 is 23.2 Å². The second-order valence-electron chi connectivity index (χ2n) is 3.47. The highest BCUT2D eigenvalue weighted by Gasteiger charge is 2.25. The minimum atomic E-state index is 0.215. The van der Waals surface area contributed by atoms with Gasteiger partial charge in [0.2, 0.25) is 0 Å². The Kier molecular flexibility index (Phi) is 3.13. The van der Waals surface area contributed by atoms with Crippen LogP contribution in [-0.2, 0) is 0 Å². The Morgan fingerprint density at radius 1 is 1.50 bits per heavy atom. The maximum Gasteiger partial charge on any atom is 0.141 e. The van der Waals surface area contributed by atoms with Gasteiger partial charge in [-0.2, -0.15) is 0 Å². The predicted molar refractivity (Wildman–Crippen MR) is 52.9 cm³/mol. The number of rotatable bonds is 2. The molecule has 0 aromatic rings. The van der Waals surface area contributed by atoms with Crippen LogP contribution in [0, 0.1) is 5.92 Å². The molecule has 2 nitrogen and oxygen atoms in total. The molecule has 0 fully saturated rings. The summed E-state index contributed by atoms with van der Waals surface area (Å²) in [4.78, 5) is 2.06. The molecule has 1 N–H and O–H groups in total. The highest BCUT2D eigenvalue weighted by atomic mass is 35.5. The van der Waals surface area contributed by atoms with E-state index in [1.165, 1.54) is 0 Å². The van der Waals surface area contributed by atoms with Crippen molar-refractivity contribution in [2.24, 2.45) is 5.92 Å². The molecule has 0 saturated heterocycles. The molecular formula is C8H14Cl2N2. The number of hydrogen-bond acceptors (Lipinski definition) is 2. The molecule has 1 unspecified atom stereocenters. The molecule has 1 aliphatic rings. The van der Waals surface area contributed by atoms with Crippen molar-refractivity contribution in [3.8, 4) is 0 Å². The molecule has 0 spiro atoms. The lowest BCUT2D eigenvalue weighted by atomic mass is 10.2. The number of nitrogens with zero attached hydrogens (tertiary/aromatic N) is 1. The third kappa shape index (κ3) is 1.99. The molecule has 0 aromatic heterocycles. The molecule has 1 rings (SSSR count). The summed E-state index contributed by atoms with van der Waals surface area (Å²) >= 11 is 11.8. The van der Waals surface area contributed by atoms with Crippen LogP contribution in [0.5, 0.6) is 0 Å². The first-order valence-corrected chi connectivity index (χ1v) is 4.86. The van der Waals surface area contributed by atoms with Crippen molar-refractivity contribution in [3.05, 3.63) is 10.3 Å². The van der Waals surface area contributed by atoms with Gasteiger partial charge >= 0.3 is 0 Å². The fraction of sp³-hybridized carbons (Fsp3) is 0.750. The molecule has 1 heterocycles. The minimum absolute atomic E-state index is 0.215. The molecule has 12 heavy (non-hydrogen) atoms. The summed E-state index contributed by atoms with van der Waals surface area (Å²) in [6.07, 6.45) is 0.215. The van der Waals surface area contributed by atoms with Crippen LogP contribution in [0.15, 0.2) is 10.3 Å². The molecule has 0 amide bonds. The van der Waals surface area contributed by atoms with Gasteiger partial charge in [0, 0.05) is 6.54 Å². The Hall–Kier alpha value is -0.0800. The molecule has 0 saturated carbocycles. The van der Waals surface area contributed by atoms with E-state index in [0.29, 0.717) is 16.2 Å². The highest BCUT2D eigenvalue weighted by Crippen LogP contribution is 2.26. The molecule has 4 heteroatoms. The molecule has 70 valence electrons. The Balaban J connectivity index is 2.63. The van der Waals surface area contributed by atoms with Crippen LogP contribution in [0.4, 0.5) is 0 Å². The van der Waals surface area contributed by atoms with E-state index in [2.05, 4.69) is 24.1 Å². The summed E-state index contributed by atoms with van der Waals surface area (Å²) in [6.45, 7) is 7.29. The second-order valence-corrected chi connectivity index (χ2v) is 4.21. The second kappa shape index (κ2) is 3.75. The van der Waals surface area contributed by atoms with E-state index < -0.39 is 0 Å². The fourth-order valence-corrected chi connectivity index (χ4v) is 1.79. The zero-order valence-electron chi connectivity index (χ0n) is 7.56. The van der Waals surface area contributed by atoms with Gasteiger partial charge in [0.15, 0.2) is 0 Å². The first-order chi connectivity index (χ1) is 5.52. The van der Waals surface area contributed by atoms with Gasteiger partial charge in [-0.1, -0.05) is 37.0 Å². The average molecular weight is 209 g/mol. The van der Waals surface area contributed by atoms with E-state index in [9.17, 15) is 0 Å². The van der Waals surface area contributed by atoms with Crippen LogP contribution < -0.4 is 5.32 Å². The third-order valence-electron chi connectivity index (χ3n) is 1.80. The van der Waals surface area contributed by atoms with Gasteiger partial charge in [-0.15, -0.1) is 0 Å². The lowest BCUT2D eigenvalue weighted by Gasteiger charge is -2.25. The highest BCUT2D eigenvalue weighted by molar-refractivity contribution is 6.39. The molecule has 0 aromatic carbocycles. The van der Waals surface area contributed by atoms with E-state index in [-0.39, 0.29) is 6.17 Å². The summed E-state index contributed by atoms with van der Waals surface area (Å²) in [7, 11) is 0. The van der Waals surface area contributed by atoms with Crippen LogP contribution in [0.2, 0.25) is 0 Å². The molecule has 0 aliphatic carbocycles. The van der Waals surface area contributed by atoms with E-state index in [1.54, 1.807) is 0 Å². The molecule has 1 aliphatic heterocycles. The van der Waals surface area contributed by atoms with E-state index in [1.807, 2.05) is 6.92 Å². The van der Waals surface area contributed by atoms with Crippen LogP contribution in [0.3, 0.4) is 0 Å². The molecular weight excluding hydrogens is 195 g/mol. The minimum Gasteiger partial charge on any atom is -0.354 e. The molecule has 0 radical (unpaired) electrons. The van der Waals surface area contributed by atoms with Crippen molar-refractivity contribution in [1.82, 2.24) is 10.2 Å².